The SMILES string of the molecule is COC1C(=O)c2c(ccc(C/C=C(\C)CCC=C(C)C)c2O)OC1c1ccc(O)c(O)c1. The average molecular weight is 439 g/mol. The molecule has 1 heterocycles. The van der Waals surface area contributed by atoms with Crippen LogP contribution in [0.25, 0.3) is 0 Å². The van der Waals surface area contributed by atoms with Crippen molar-refractivity contribution in [2.45, 2.75) is 52.2 Å². The molecule has 0 fully saturated rings. The molecular weight excluding hydrogens is 408 g/mol. The van der Waals surface area contributed by atoms with E-state index in [9.17, 15) is 20.1 Å². The molecule has 0 spiro atoms. The van der Waals surface area contributed by atoms with Gasteiger partial charge in [0.25, 0.3) is 0 Å². The van der Waals surface area contributed by atoms with Crippen molar-refractivity contribution in [3.05, 3.63) is 70.3 Å². The maximum Gasteiger partial charge on any atom is 0.203 e. The molecule has 2 atom stereocenters. The predicted octanol–water partition coefficient (Wildman–Crippen LogP) is 5.37. The molecule has 0 radical (unpaired) electrons. The number of rotatable bonds is 7. The van der Waals surface area contributed by atoms with E-state index in [4.69, 9.17) is 9.47 Å². The van der Waals surface area contributed by atoms with Crippen LogP contribution in [0.3, 0.4) is 0 Å². The Bertz CT molecular complexity index is 1060. The fourth-order valence-electron chi connectivity index (χ4n) is 3.76. The first-order valence-corrected chi connectivity index (χ1v) is 10.6. The molecule has 32 heavy (non-hydrogen) atoms. The molecule has 0 aliphatic carbocycles. The molecule has 6 nitrogen and oxygen atoms in total. The van der Waals surface area contributed by atoms with Gasteiger partial charge in [-0.25, -0.2) is 0 Å². The van der Waals surface area contributed by atoms with Crippen LogP contribution < -0.4 is 4.74 Å². The Labute approximate surface area is 188 Å². The number of phenolic OH excluding ortho intramolecular Hbond substituents is 3. The van der Waals surface area contributed by atoms with Gasteiger partial charge in [-0.3, -0.25) is 4.79 Å². The Balaban J connectivity index is 1.87. The van der Waals surface area contributed by atoms with Crippen LogP contribution in [-0.4, -0.2) is 34.3 Å². The van der Waals surface area contributed by atoms with Crippen molar-refractivity contribution in [1.82, 2.24) is 0 Å². The zero-order valence-corrected chi connectivity index (χ0v) is 18.9. The first-order chi connectivity index (χ1) is 15.2. The summed E-state index contributed by atoms with van der Waals surface area (Å²) in [4.78, 5) is 13.2. The summed E-state index contributed by atoms with van der Waals surface area (Å²) in [5.74, 6) is -0.822. The van der Waals surface area contributed by atoms with Gasteiger partial charge < -0.3 is 24.8 Å². The summed E-state index contributed by atoms with van der Waals surface area (Å²) >= 11 is 0. The van der Waals surface area contributed by atoms with Gasteiger partial charge in [0, 0.05) is 7.11 Å². The van der Waals surface area contributed by atoms with Gasteiger partial charge in [-0.05, 0) is 69.4 Å². The Kier molecular flexibility index (Phi) is 7.26. The molecule has 0 aromatic heterocycles. The molecule has 2 aromatic carbocycles. The van der Waals surface area contributed by atoms with Gasteiger partial charge in [0.1, 0.15) is 17.1 Å². The Hall–Kier alpha value is -3.25. The number of allylic oxidation sites excluding steroid dienone is 4. The number of fused-ring (bicyclic) bond motifs is 1. The van der Waals surface area contributed by atoms with E-state index in [2.05, 4.69) is 32.9 Å². The fourth-order valence-corrected chi connectivity index (χ4v) is 3.76. The van der Waals surface area contributed by atoms with E-state index in [1.165, 1.54) is 30.4 Å². The molecule has 3 N–H and O–H groups in total. The molecule has 1 aliphatic heterocycles. The van der Waals surface area contributed by atoms with Gasteiger partial charge in [-0.1, -0.05) is 35.4 Å². The Morgan fingerprint density at radius 3 is 2.47 bits per heavy atom. The summed E-state index contributed by atoms with van der Waals surface area (Å²) in [6.45, 7) is 6.21. The van der Waals surface area contributed by atoms with Gasteiger partial charge in [0.2, 0.25) is 5.78 Å². The van der Waals surface area contributed by atoms with E-state index in [0.717, 1.165) is 12.8 Å². The molecule has 0 saturated heterocycles. The maximum atomic E-state index is 13.2. The van der Waals surface area contributed by atoms with Crippen molar-refractivity contribution in [2.75, 3.05) is 7.11 Å². The quantitative estimate of drug-likeness (QED) is 0.397. The average Bonchev–Trinajstić information content (AvgIpc) is 2.74. The summed E-state index contributed by atoms with van der Waals surface area (Å²) in [5, 5.41) is 30.3. The summed E-state index contributed by atoms with van der Waals surface area (Å²) in [5.41, 5.74) is 3.72. The molecule has 1 aliphatic rings. The highest BCUT2D eigenvalue weighted by atomic mass is 16.5. The van der Waals surface area contributed by atoms with Crippen LogP contribution in [-0.2, 0) is 11.2 Å². The van der Waals surface area contributed by atoms with Crippen LogP contribution in [0.5, 0.6) is 23.0 Å². The standard InChI is InChI=1S/C26H30O6/c1-15(2)6-5-7-16(3)8-9-17-11-13-21-22(23(17)29)24(30)26(31-4)25(32-21)18-10-12-19(27)20(28)14-18/h6,8,10-14,25-29H,5,7,9H2,1-4H3/b16-8+. The molecule has 0 bridgehead atoms. The second-order valence-electron chi connectivity index (χ2n) is 8.33. The van der Waals surface area contributed by atoms with Crippen LogP contribution in [0.4, 0.5) is 0 Å². The largest absolute Gasteiger partial charge is 0.507 e. The number of Topliss-reactive ketones (excluding diaryl/α,β-unsaturated/α-hetero) is 1. The van der Waals surface area contributed by atoms with Crippen LogP contribution in [0.15, 0.2) is 53.6 Å². The van der Waals surface area contributed by atoms with E-state index in [0.29, 0.717) is 17.5 Å². The van der Waals surface area contributed by atoms with Crippen LogP contribution in [0.1, 0.15) is 61.2 Å². The van der Waals surface area contributed by atoms with Crippen molar-refractivity contribution >= 4 is 5.78 Å². The minimum Gasteiger partial charge on any atom is -0.507 e. The fraction of sp³-hybridized carbons (Fsp3) is 0.346. The van der Waals surface area contributed by atoms with Gasteiger partial charge in [0.05, 0.1) is 0 Å². The van der Waals surface area contributed by atoms with E-state index < -0.39 is 18.0 Å². The maximum absolute atomic E-state index is 13.2. The smallest absolute Gasteiger partial charge is 0.203 e. The molecule has 6 heteroatoms. The first-order valence-electron chi connectivity index (χ1n) is 10.6. The highest BCUT2D eigenvalue weighted by Crippen LogP contribution is 2.43. The second kappa shape index (κ2) is 9.92. The number of phenols is 3. The molecular formula is C26H30O6. The lowest BCUT2D eigenvalue weighted by Crippen LogP contribution is -2.38. The van der Waals surface area contributed by atoms with Crippen LogP contribution in [0, 0.1) is 0 Å². The summed E-state index contributed by atoms with van der Waals surface area (Å²) in [7, 11) is 1.39. The molecule has 0 saturated carbocycles. The van der Waals surface area contributed by atoms with Gasteiger partial charge in [0.15, 0.2) is 23.7 Å². The van der Waals surface area contributed by atoms with Crippen molar-refractivity contribution in [1.29, 1.82) is 0 Å². The number of benzene rings is 2. The Morgan fingerprint density at radius 2 is 1.81 bits per heavy atom. The third-order valence-corrected chi connectivity index (χ3v) is 5.60. The number of carbonyl (C=O) groups excluding carboxylic acids is 1. The predicted molar refractivity (Wildman–Crippen MR) is 123 cm³/mol. The minimum absolute atomic E-state index is 0.101. The number of hydrogen-bond donors (Lipinski definition) is 3. The molecule has 2 aromatic rings. The Morgan fingerprint density at radius 1 is 1.06 bits per heavy atom. The summed E-state index contributed by atoms with van der Waals surface area (Å²) < 4.78 is 11.4. The number of carbonyl (C=O) groups is 1. The van der Waals surface area contributed by atoms with Crippen LogP contribution >= 0.6 is 0 Å². The van der Waals surface area contributed by atoms with Gasteiger partial charge in [-0.2, -0.15) is 0 Å². The number of ketones is 1. The van der Waals surface area contributed by atoms with Gasteiger partial charge >= 0.3 is 0 Å². The van der Waals surface area contributed by atoms with Crippen molar-refractivity contribution in [2.24, 2.45) is 0 Å². The molecule has 2 unspecified atom stereocenters. The summed E-state index contributed by atoms with van der Waals surface area (Å²) in [6.07, 6.45) is 4.83. The van der Waals surface area contributed by atoms with E-state index in [1.54, 1.807) is 18.2 Å². The van der Waals surface area contributed by atoms with Crippen LogP contribution in [0.2, 0.25) is 0 Å². The van der Waals surface area contributed by atoms with E-state index in [1.807, 2.05) is 0 Å². The van der Waals surface area contributed by atoms with E-state index >= 15 is 0 Å². The lowest BCUT2D eigenvalue weighted by Gasteiger charge is -2.32. The summed E-state index contributed by atoms with van der Waals surface area (Å²) in [6, 6.07) is 7.64. The number of aromatic hydroxyl groups is 3. The lowest BCUT2D eigenvalue weighted by atomic mass is 9.90. The zero-order chi connectivity index (χ0) is 23.4. The number of hydrogen-bond acceptors (Lipinski definition) is 6. The topological polar surface area (TPSA) is 96.2 Å². The van der Waals surface area contributed by atoms with Crippen molar-refractivity contribution < 1.29 is 29.6 Å². The lowest BCUT2D eigenvalue weighted by molar-refractivity contribution is -0.00110. The van der Waals surface area contributed by atoms with E-state index in [-0.39, 0.29) is 28.6 Å². The monoisotopic (exact) mass is 438 g/mol. The third-order valence-electron chi connectivity index (χ3n) is 5.60. The van der Waals surface area contributed by atoms with Crippen molar-refractivity contribution in [3.63, 3.8) is 0 Å². The number of methoxy groups -OCH3 is 1. The molecule has 170 valence electrons. The van der Waals surface area contributed by atoms with Crippen molar-refractivity contribution in [3.8, 4) is 23.0 Å². The zero-order valence-electron chi connectivity index (χ0n) is 18.9. The first kappa shape index (κ1) is 23.4. The highest BCUT2D eigenvalue weighted by Gasteiger charge is 2.40. The van der Waals surface area contributed by atoms with Gasteiger partial charge in [-0.15, -0.1) is 0 Å². The highest BCUT2D eigenvalue weighted by molar-refractivity contribution is 6.06. The second-order valence-corrected chi connectivity index (χ2v) is 8.33. The molecule has 3 rings (SSSR count). The number of ether oxygens (including phenoxy) is 2. The normalized spacial score (nSPS) is 18.1. The third kappa shape index (κ3) is 4.97. The molecule has 0 amide bonds. The minimum atomic E-state index is -1.01.